The second-order valence-corrected chi connectivity index (χ2v) is 4.57. The Morgan fingerprint density at radius 1 is 1.53 bits per heavy atom. The highest BCUT2D eigenvalue weighted by Crippen LogP contribution is 2.27. The van der Waals surface area contributed by atoms with Crippen molar-refractivity contribution >= 4 is 27.3 Å². The molecule has 0 aliphatic carbocycles. The summed E-state index contributed by atoms with van der Waals surface area (Å²) in [6.07, 6.45) is 1.89. The van der Waals surface area contributed by atoms with Crippen LogP contribution in [0.15, 0.2) is 23.7 Å². The maximum Gasteiger partial charge on any atom is 0.109 e. The molecular formula is C10H10BrFN2S. The van der Waals surface area contributed by atoms with Crippen LogP contribution in [0.1, 0.15) is 5.56 Å². The molecule has 0 unspecified atom stereocenters. The minimum atomic E-state index is -0.382. The van der Waals surface area contributed by atoms with Gasteiger partial charge in [-0.15, -0.1) is 11.3 Å². The van der Waals surface area contributed by atoms with Crippen molar-refractivity contribution in [2.75, 3.05) is 6.67 Å². The van der Waals surface area contributed by atoms with Crippen LogP contribution in [-0.4, -0.2) is 16.5 Å². The van der Waals surface area contributed by atoms with E-state index in [9.17, 15) is 4.39 Å². The van der Waals surface area contributed by atoms with Gasteiger partial charge < -0.3 is 0 Å². The molecule has 2 aromatic rings. The second kappa shape index (κ2) is 4.90. The molecule has 0 atom stereocenters. The predicted octanol–water partition coefficient (Wildman–Crippen LogP) is 3.48. The lowest BCUT2D eigenvalue weighted by Gasteiger charge is -1.94. The summed E-state index contributed by atoms with van der Waals surface area (Å²) in [5.41, 5.74) is 2.06. The Bertz CT molecular complexity index is 425. The number of hydrogen-bond donors (Lipinski definition) is 0. The number of nitrogens with zero attached hydrogens (tertiary/aromatic N) is 2. The van der Waals surface area contributed by atoms with Crippen molar-refractivity contribution < 1.29 is 4.39 Å². The Hall–Kier alpha value is -0.680. The van der Waals surface area contributed by atoms with E-state index in [0.717, 1.165) is 21.5 Å². The van der Waals surface area contributed by atoms with Gasteiger partial charge in [0.2, 0.25) is 0 Å². The van der Waals surface area contributed by atoms with Gasteiger partial charge in [0.25, 0.3) is 0 Å². The molecule has 0 aliphatic rings. The summed E-state index contributed by atoms with van der Waals surface area (Å²) in [5.74, 6) is 0. The van der Waals surface area contributed by atoms with Crippen molar-refractivity contribution in [2.45, 2.75) is 11.9 Å². The van der Waals surface area contributed by atoms with Crippen LogP contribution >= 0.6 is 27.3 Å². The van der Waals surface area contributed by atoms with Crippen LogP contribution in [0.25, 0.3) is 10.6 Å². The maximum atomic E-state index is 12.2. The Morgan fingerprint density at radius 3 is 3.00 bits per heavy atom. The SMILES string of the molecule is FCCn1cc(CBr)c(-c2cccs2)n1. The van der Waals surface area contributed by atoms with Gasteiger partial charge >= 0.3 is 0 Å². The van der Waals surface area contributed by atoms with E-state index in [-0.39, 0.29) is 6.67 Å². The van der Waals surface area contributed by atoms with Gasteiger partial charge in [0.05, 0.1) is 11.4 Å². The molecule has 0 amide bonds. The van der Waals surface area contributed by atoms with Crippen molar-refractivity contribution in [3.05, 3.63) is 29.3 Å². The zero-order valence-electron chi connectivity index (χ0n) is 7.99. The molecule has 2 rings (SSSR count). The van der Waals surface area contributed by atoms with E-state index in [1.54, 1.807) is 16.0 Å². The molecule has 0 saturated heterocycles. The average Bonchev–Trinajstić information content (AvgIpc) is 2.84. The summed E-state index contributed by atoms with van der Waals surface area (Å²) in [7, 11) is 0. The van der Waals surface area contributed by atoms with E-state index in [1.165, 1.54) is 0 Å². The van der Waals surface area contributed by atoms with Crippen LogP contribution in [0.4, 0.5) is 4.39 Å². The molecular weight excluding hydrogens is 279 g/mol. The highest BCUT2D eigenvalue weighted by Gasteiger charge is 2.10. The van der Waals surface area contributed by atoms with Gasteiger partial charge in [-0.3, -0.25) is 4.68 Å². The standard InChI is InChI=1S/C10H10BrFN2S/c11-6-8-7-14(4-3-12)13-10(8)9-2-1-5-15-9/h1-2,5,7H,3-4,6H2. The molecule has 0 aromatic carbocycles. The fourth-order valence-electron chi connectivity index (χ4n) is 1.38. The Balaban J connectivity index is 2.37. The van der Waals surface area contributed by atoms with Crippen molar-refractivity contribution in [3.63, 3.8) is 0 Å². The van der Waals surface area contributed by atoms with Gasteiger partial charge in [-0.1, -0.05) is 22.0 Å². The highest BCUT2D eigenvalue weighted by molar-refractivity contribution is 9.08. The normalized spacial score (nSPS) is 10.8. The Labute approximate surface area is 99.9 Å². The van der Waals surface area contributed by atoms with Crippen molar-refractivity contribution in [3.8, 4) is 10.6 Å². The lowest BCUT2D eigenvalue weighted by molar-refractivity contribution is 0.427. The van der Waals surface area contributed by atoms with Crippen molar-refractivity contribution in [2.24, 2.45) is 0 Å². The molecule has 80 valence electrons. The van der Waals surface area contributed by atoms with Crippen LogP contribution in [0.5, 0.6) is 0 Å². The van der Waals surface area contributed by atoms with E-state index in [2.05, 4.69) is 21.0 Å². The first-order valence-electron chi connectivity index (χ1n) is 4.57. The number of aryl methyl sites for hydroxylation is 1. The fraction of sp³-hybridized carbons (Fsp3) is 0.300. The largest absolute Gasteiger partial charge is 0.269 e. The summed E-state index contributed by atoms with van der Waals surface area (Å²) in [6, 6.07) is 4.02. The van der Waals surface area contributed by atoms with Crippen LogP contribution in [0, 0.1) is 0 Å². The molecule has 0 radical (unpaired) electrons. The second-order valence-electron chi connectivity index (χ2n) is 3.07. The topological polar surface area (TPSA) is 17.8 Å². The molecule has 0 saturated carbocycles. The third-order valence-corrected chi connectivity index (χ3v) is 3.53. The fourth-order valence-corrected chi connectivity index (χ4v) is 2.54. The van der Waals surface area contributed by atoms with Gasteiger partial charge in [-0.05, 0) is 11.4 Å². The van der Waals surface area contributed by atoms with Crippen molar-refractivity contribution in [1.82, 2.24) is 9.78 Å². The quantitative estimate of drug-likeness (QED) is 0.788. The Morgan fingerprint density at radius 2 is 2.40 bits per heavy atom. The first-order valence-corrected chi connectivity index (χ1v) is 6.57. The summed E-state index contributed by atoms with van der Waals surface area (Å²) in [6.45, 7) is -0.0569. The number of alkyl halides is 2. The lowest BCUT2D eigenvalue weighted by Crippen LogP contribution is -1.99. The smallest absolute Gasteiger partial charge is 0.109 e. The monoisotopic (exact) mass is 288 g/mol. The number of halogens is 2. The summed E-state index contributed by atoms with van der Waals surface area (Å²) >= 11 is 5.06. The third kappa shape index (κ3) is 2.29. The van der Waals surface area contributed by atoms with Crippen LogP contribution in [0.2, 0.25) is 0 Å². The zero-order valence-corrected chi connectivity index (χ0v) is 10.4. The van der Waals surface area contributed by atoms with Gasteiger partial charge in [0, 0.05) is 17.1 Å². The summed E-state index contributed by atoms with van der Waals surface area (Å²) in [4.78, 5) is 1.13. The first-order chi connectivity index (χ1) is 7.35. The number of hydrogen-bond acceptors (Lipinski definition) is 2. The van der Waals surface area contributed by atoms with Gasteiger partial charge in [0.15, 0.2) is 0 Å². The van der Waals surface area contributed by atoms with Gasteiger partial charge in [0.1, 0.15) is 12.4 Å². The molecule has 2 aromatic heterocycles. The van der Waals surface area contributed by atoms with E-state index in [4.69, 9.17) is 0 Å². The van der Waals surface area contributed by atoms with E-state index in [0.29, 0.717) is 6.54 Å². The minimum Gasteiger partial charge on any atom is -0.269 e. The van der Waals surface area contributed by atoms with Crippen LogP contribution in [0.3, 0.4) is 0 Å². The molecule has 0 N–H and O–H groups in total. The molecule has 0 fully saturated rings. The zero-order chi connectivity index (χ0) is 10.7. The molecule has 0 aliphatic heterocycles. The minimum absolute atomic E-state index is 0.325. The Kier molecular flexibility index (Phi) is 3.53. The molecule has 2 nitrogen and oxygen atoms in total. The number of aromatic nitrogens is 2. The van der Waals surface area contributed by atoms with Crippen LogP contribution in [-0.2, 0) is 11.9 Å². The molecule has 5 heteroatoms. The van der Waals surface area contributed by atoms with E-state index >= 15 is 0 Å². The van der Waals surface area contributed by atoms with Gasteiger partial charge in [-0.2, -0.15) is 5.10 Å². The number of thiophene rings is 1. The summed E-state index contributed by atoms with van der Waals surface area (Å²) in [5, 5.41) is 7.13. The van der Waals surface area contributed by atoms with Crippen LogP contribution < -0.4 is 0 Å². The van der Waals surface area contributed by atoms with E-state index in [1.807, 2.05) is 23.7 Å². The predicted molar refractivity (Wildman–Crippen MR) is 64.1 cm³/mol. The third-order valence-electron chi connectivity index (χ3n) is 2.05. The van der Waals surface area contributed by atoms with E-state index < -0.39 is 0 Å². The average molecular weight is 289 g/mol. The lowest BCUT2D eigenvalue weighted by atomic mass is 10.2. The number of rotatable bonds is 4. The van der Waals surface area contributed by atoms with Crippen molar-refractivity contribution in [1.29, 1.82) is 0 Å². The summed E-state index contributed by atoms with van der Waals surface area (Å²) < 4.78 is 13.9. The van der Waals surface area contributed by atoms with Gasteiger partial charge in [-0.25, -0.2) is 4.39 Å². The highest BCUT2D eigenvalue weighted by atomic mass is 79.9. The maximum absolute atomic E-state index is 12.2. The molecule has 0 bridgehead atoms. The first kappa shape index (κ1) is 10.8. The molecule has 2 heterocycles. The molecule has 15 heavy (non-hydrogen) atoms. The molecule has 0 spiro atoms.